The van der Waals surface area contributed by atoms with Gasteiger partial charge in [-0.2, -0.15) is 0 Å². The van der Waals surface area contributed by atoms with E-state index in [1.807, 2.05) is 303 Å². The smallest absolute Gasteiger partial charge is 0.271 e. The Kier molecular flexibility index (Phi) is 24.7. The fourth-order valence-electron chi connectivity index (χ4n) is 6.25. The van der Waals surface area contributed by atoms with Gasteiger partial charge in [0.05, 0.1) is 0 Å². The molecule has 0 saturated heterocycles. The van der Waals surface area contributed by atoms with Crippen molar-refractivity contribution in [2.75, 3.05) is 0 Å². The first-order chi connectivity index (χ1) is 34.4. The summed E-state index contributed by atoms with van der Waals surface area (Å²) in [5.74, 6) is 0. The SMILES string of the molecule is N=S(c1ccccc1)c1ccccc1.N=S(c1ccccc1)c1ccccc1.N=S(c1ccccc1)c1ccccc1.N=S(c1ccccc1)c1ccccc1.N=S(c1ccccc1)c1ccccc1.[Cu+2]. The molecule has 10 aromatic carbocycles. The second-order valence-electron chi connectivity index (χ2n) is 14.7. The van der Waals surface area contributed by atoms with Crippen molar-refractivity contribution in [3.8, 4) is 0 Å². The summed E-state index contributed by atoms with van der Waals surface area (Å²) in [5.41, 5.74) is 0. The van der Waals surface area contributed by atoms with Crippen LogP contribution in [-0.2, 0) is 70.5 Å². The van der Waals surface area contributed by atoms with E-state index < -0.39 is 53.5 Å². The summed E-state index contributed by atoms with van der Waals surface area (Å²) in [6.45, 7) is 0. The summed E-state index contributed by atoms with van der Waals surface area (Å²) in [6.07, 6.45) is 0. The van der Waals surface area contributed by atoms with Gasteiger partial charge in [0.15, 0.2) is 0 Å². The fraction of sp³-hybridized carbons (Fsp3) is 0. The zero-order chi connectivity index (χ0) is 49.0. The molecule has 0 unspecified atom stereocenters. The molecule has 0 atom stereocenters. The van der Waals surface area contributed by atoms with Crippen LogP contribution in [0.2, 0.25) is 0 Å². The Hall–Kier alpha value is -6.53. The molecule has 10 rings (SSSR count). The second-order valence-corrected chi connectivity index (χ2v) is 22.4. The molecule has 5 nitrogen and oxygen atoms in total. The van der Waals surface area contributed by atoms with Gasteiger partial charge in [-0.1, -0.05) is 182 Å². The second kappa shape index (κ2) is 31.6. The van der Waals surface area contributed by atoms with Gasteiger partial charge in [-0.05, 0) is 175 Å². The number of hydrogen-bond acceptors (Lipinski definition) is 5. The minimum absolute atomic E-state index is 0. The van der Waals surface area contributed by atoms with Gasteiger partial charge in [-0.3, -0.25) is 23.9 Å². The molecule has 71 heavy (non-hydrogen) atoms. The Balaban J connectivity index is 0.000000164. The van der Waals surface area contributed by atoms with Gasteiger partial charge < -0.3 is 0 Å². The normalized spacial score (nSPS) is 10.2. The Labute approximate surface area is 443 Å². The molecule has 0 bridgehead atoms. The first-order valence-electron chi connectivity index (χ1n) is 22.2. The maximum atomic E-state index is 8.08. The van der Waals surface area contributed by atoms with Crippen molar-refractivity contribution in [2.45, 2.75) is 49.0 Å². The van der Waals surface area contributed by atoms with Crippen LogP contribution in [0.25, 0.3) is 0 Å². The molecule has 0 aromatic heterocycles. The van der Waals surface area contributed by atoms with Gasteiger partial charge >= 0.3 is 17.1 Å². The first kappa shape index (κ1) is 55.4. The van der Waals surface area contributed by atoms with Crippen molar-refractivity contribution in [3.63, 3.8) is 0 Å². The van der Waals surface area contributed by atoms with E-state index in [-0.39, 0.29) is 17.1 Å². The van der Waals surface area contributed by atoms with Crippen molar-refractivity contribution >= 4 is 53.5 Å². The Bertz CT molecular complexity index is 2420. The van der Waals surface area contributed by atoms with E-state index in [0.717, 1.165) is 49.0 Å². The monoisotopic (exact) mass is 1070 g/mol. The number of rotatable bonds is 10. The molecule has 0 amide bonds. The molecule has 0 fully saturated rings. The van der Waals surface area contributed by atoms with Crippen LogP contribution in [0.1, 0.15) is 0 Å². The molecular formula is C60H55CuN5S5+2. The largest absolute Gasteiger partial charge is 2.00 e. The standard InChI is InChI=1S/5C12H11NS.Cu/c5*13-14(11-7-3-1-4-8-11)12-9-5-2-6-10-12;/h5*1-10,13H;/q;;;;;+2. The summed E-state index contributed by atoms with van der Waals surface area (Å²) in [7, 11) is -2.73. The molecule has 0 saturated carbocycles. The van der Waals surface area contributed by atoms with Gasteiger partial charge in [-0.15, -0.1) is 0 Å². The molecule has 11 heteroatoms. The molecule has 1 radical (unpaired) electrons. The zero-order valence-corrected chi connectivity index (χ0v) is 43.7. The van der Waals surface area contributed by atoms with Crippen LogP contribution < -0.4 is 0 Å². The van der Waals surface area contributed by atoms with Crippen LogP contribution in [0.3, 0.4) is 0 Å². The van der Waals surface area contributed by atoms with Gasteiger partial charge in [0.25, 0.3) is 0 Å². The first-order valence-corrected chi connectivity index (χ1v) is 28.3. The molecule has 0 aliphatic rings. The number of benzene rings is 10. The van der Waals surface area contributed by atoms with E-state index in [1.165, 1.54) is 0 Å². The van der Waals surface area contributed by atoms with Gasteiger partial charge in [0.2, 0.25) is 0 Å². The van der Waals surface area contributed by atoms with E-state index in [0.29, 0.717) is 0 Å². The van der Waals surface area contributed by atoms with E-state index >= 15 is 0 Å². The maximum absolute atomic E-state index is 8.08. The zero-order valence-electron chi connectivity index (χ0n) is 38.7. The molecule has 5 N–H and O–H groups in total. The van der Waals surface area contributed by atoms with E-state index in [2.05, 4.69) is 0 Å². The van der Waals surface area contributed by atoms with E-state index in [9.17, 15) is 0 Å². The van der Waals surface area contributed by atoms with Gasteiger partial charge in [0, 0.05) is 49.0 Å². The van der Waals surface area contributed by atoms with Crippen molar-refractivity contribution in [1.29, 1.82) is 23.9 Å². The molecule has 10 aromatic rings. The van der Waals surface area contributed by atoms with Crippen LogP contribution in [0.4, 0.5) is 0 Å². The third-order valence-corrected chi connectivity index (χ3v) is 17.2. The maximum Gasteiger partial charge on any atom is 2.00 e. The molecule has 359 valence electrons. The van der Waals surface area contributed by atoms with Gasteiger partial charge in [0.1, 0.15) is 0 Å². The number of hydrogen-bond donors (Lipinski definition) is 5. The van der Waals surface area contributed by atoms with Crippen LogP contribution in [0.15, 0.2) is 352 Å². The van der Waals surface area contributed by atoms with Crippen molar-refractivity contribution in [2.24, 2.45) is 0 Å². The summed E-state index contributed by atoms with van der Waals surface area (Å²) < 4.78 is 40.4. The Morgan fingerprint density at radius 1 is 0.141 bits per heavy atom. The van der Waals surface area contributed by atoms with Crippen molar-refractivity contribution in [3.05, 3.63) is 303 Å². The van der Waals surface area contributed by atoms with Crippen LogP contribution >= 0.6 is 0 Å². The predicted octanol–water partition coefficient (Wildman–Crippen LogP) is 17.4. The quantitative estimate of drug-likeness (QED) is 0.0839. The minimum Gasteiger partial charge on any atom is -0.271 e. The topological polar surface area (TPSA) is 119 Å². The molecule has 0 aliphatic heterocycles. The molecule has 0 spiro atoms. The molecule has 0 aliphatic carbocycles. The van der Waals surface area contributed by atoms with Crippen LogP contribution in [0.5, 0.6) is 0 Å². The predicted molar refractivity (Wildman–Crippen MR) is 298 cm³/mol. The Morgan fingerprint density at radius 2 is 0.211 bits per heavy atom. The minimum atomic E-state index is -0.547. The van der Waals surface area contributed by atoms with Crippen LogP contribution in [0, 0.1) is 23.9 Å². The van der Waals surface area contributed by atoms with Crippen molar-refractivity contribution in [1.82, 2.24) is 0 Å². The third-order valence-electron chi connectivity index (χ3n) is 9.79. The average Bonchev–Trinajstić information content (AvgIpc) is 3.47. The molecule has 0 heterocycles. The third kappa shape index (κ3) is 18.6. The average molecular weight is 1070 g/mol. The van der Waals surface area contributed by atoms with Crippen molar-refractivity contribution < 1.29 is 17.1 Å². The number of nitrogens with one attached hydrogen (secondary N) is 5. The van der Waals surface area contributed by atoms with E-state index in [4.69, 9.17) is 23.9 Å². The van der Waals surface area contributed by atoms with Gasteiger partial charge in [-0.25, -0.2) is 0 Å². The fourth-order valence-corrected chi connectivity index (χ4v) is 11.9. The van der Waals surface area contributed by atoms with E-state index in [1.54, 1.807) is 0 Å². The summed E-state index contributed by atoms with van der Waals surface area (Å²) in [5, 5.41) is 0. The molecular weight excluding hydrogens is 1010 g/mol. The Morgan fingerprint density at radius 3 is 0.282 bits per heavy atom. The summed E-state index contributed by atoms with van der Waals surface area (Å²) >= 11 is 0. The summed E-state index contributed by atoms with van der Waals surface area (Å²) in [4.78, 5) is 10.7. The summed E-state index contributed by atoms with van der Waals surface area (Å²) in [6, 6.07) is 99.4. The van der Waals surface area contributed by atoms with Crippen LogP contribution in [-0.4, -0.2) is 0 Å².